The van der Waals surface area contributed by atoms with Gasteiger partial charge in [-0.3, -0.25) is 10.1 Å². The summed E-state index contributed by atoms with van der Waals surface area (Å²) in [6.07, 6.45) is -19.7. The summed E-state index contributed by atoms with van der Waals surface area (Å²) in [5.41, 5.74) is -4.61. The zero-order chi connectivity index (χ0) is 34.4. The highest BCUT2D eigenvalue weighted by Crippen LogP contribution is 2.37. The van der Waals surface area contributed by atoms with Crippen molar-refractivity contribution in [2.45, 2.75) is 43.3 Å². The van der Waals surface area contributed by atoms with E-state index in [4.69, 9.17) is 11.6 Å². The van der Waals surface area contributed by atoms with Crippen LogP contribution in [0.2, 0.25) is 5.02 Å². The van der Waals surface area contributed by atoms with Crippen molar-refractivity contribution in [3.05, 3.63) is 75.9 Å². The van der Waals surface area contributed by atoms with Gasteiger partial charge in [0.1, 0.15) is 12.1 Å². The highest BCUT2D eigenvalue weighted by Gasteiger charge is 2.52. The number of aromatic nitrogens is 2. The largest absolute Gasteiger partial charge is 0.416 e. The van der Waals surface area contributed by atoms with Gasteiger partial charge in [0.05, 0.1) is 22.4 Å². The highest BCUT2D eigenvalue weighted by molar-refractivity contribution is 6.33. The molecule has 4 rings (SSSR count). The molecule has 6 nitrogen and oxygen atoms in total. The first-order valence-corrected chi connectivity index (χ1v) is 13.2. The number of nitrogens with zero attached hydrogens (tertiary/aromatic N) is 4. The fourth-order valence-electron chi connectivity index (χ4n) is 4.62. The van der Waals surface area contributed by atoms with Crippen LogP contribution in [0.4, 0.5) is 58.6 Å². The van der Waals surface area contributed by atoms with Crippen LogP contribution in [0.3, 0.4) is 0 Å². The van der Waals surface area contributed by atoms with E-state index in [9.17, 15) is 57.5 Å². The summed E-state index contributed by atoms with van der Waals surface area (Å²) in [6.45, 7) is -2.86. The van der Waals surface area contributed by atoms with Crippen LogP contribution < -0.4 is 10.2 Å². The molecule has 0 unspecified atom stereocenters. The van der Waals surface area contributed by atoms with Gasteiger partial charge in [-0.1, -0.05) is 29.8 Å². The SMILES string of the molecule is CN(Cc1cc(C(F)(F)F)cc(C(F)(F)F)c1)C(=O)c1cnc(N2C[C@@H](C(F)(F)F)N[C@@H](C(F)(F)F)C2)nc1-c1ccccc1Cl. The summed E-state index contributed by atoms with van der Waals surface area (Å²) in [5, 5.41) is 1.46. The minimum absolute atomic E-state index is 0.0159. The minimum Gasteiger partial charge on any atom is -0.337 e. The first kappa shape index (κ1) is 35.1. The molecule has 0 bridgehead atoms. The van der Waals surface area contributed by atoms with E-state index in [1.54, 1.807) is 0 Å². The van der Waals surface area contributed by atoms with Crippen molar-refractivity contribution in [2.24, 2.45) is 0 Å². The van der Waals surface area contributed by atoms with Crippen LogP contribution in [-0.4, -0.2) is 65.3 Å². The number of halogens is 13. The summed E-state index contributed by atoms with van der Waals surface area (Å²) < 4.78 is 161. The Morgan fingerprint density at radius 3 is 1.89 bits per heavy atom. The molecule has 1 N–H and O–H groups in total. The van der Waals surface area contributed by atoms with Gasteiger partial charge >= 0.3 is 24.7 Å². The lowest BCUT2D eigenvalue weighted by atomic mass is 10.0. The zero-order valence-electron chi connectivity index (χ0n) is 23.0. The molecule has 3 aromatic rings. The van der Waals surface area contributed by atoms with E-state index in [1.807, 2.05) is 0 Å². The Bertz CT molecular complexity index is 1530. The van der Waals surface area contributed by atoms with E-state index < -0.39 is 90.5 Å². The van der Waals surface area contributed by atoms with Crippen molar-refractivity contribution < 1.29 is 57.5 Å². The van der Waals surface area contributed by atoms with Crippen LogP contribution in [0.5, 0.6) is 0 Å². The molecule has 46 heavy (non-hydrogen) atoms. The van der Waals surface area contributed by atoms with Crippen molar-refractivity contribution in [3.8, 4) is 11.3 Å². The van der Waals surface area contributed by atoms with Crippen LogP contribution in [0, 0.1) is 0 Å². The quantitative estimate of drug-likeness (QED) is 0.283. The van der Waals surface area contributed by atoms with Gasteiger partial charge in [-0.25, -0.2) is 9.97 Å². The first-order chi connectivity index (χ1) is 21.1. The maximum atomic E-state index is 13.5. The Morgan fingerprint density at radius 1 is 0.891 bits per heavy atom. The summed E-state index contributed by atoms with van der Waals surface area (Å²) in [6, 6.07) is 1.03. The molecule has 2 aromatic carbocycles. The second-order valence-corrected chi connectivity index (χ2v) is 10.7. The molecule has 19 heteroatoms. The Morgan fingerprint density at radius 2 is 1.41 bits per heavy atom. The van der Waals surface area contributed by atoms with Gasteiger partial charge < -0.3 is 9.80 Å². The Kier molecular flexibility index (Phi) is 9.47. The van der Waals surface area contributed by atoms with Crippen LogP contribution in [0.1, 0.15) is 27.0 Å². The van der Waals surface area contributed by atoms with Gasteiger partial charge in [0, 0.05) is 43.5 Å². The second-order valence-electron chi connectivity index (χ2n) is 10.2. The van der Waals surface area contributed by atoms with Crippen molar-refractivity contribution in [1.82, 2.24) is 20.2 Å². The highest BCUT2D eigenvalue weighted by atomic mass is 35.5. The predicted molar refractivity (Wildman–Crippen MR) is 140 cm³/mol. The number of anilines is 1. The molecule has 2 atom stereocenters. The van der Waals surface area contributed by atoms with Gasteiger partial charge in [-0.15, -0.1) is 0 Å². The molecule has 1 saturated heterocycles. The number of hydrogen-bond acceptors (Lipinski definition) is 5. The molecule has 0 radical (unpaired) electrons. The number of hydrogen-bond donors (Lipinski definition) is 1. The van der Waals surface area contributed by atoms with E-state index in [0.29, 0.717) is 17.0 Å². The number of benzene rings is 2. The van der Waals surface area contributed by atoms with Crippen molar-refractivity contribution >= 4 is 23.5 Å². The Labute approximate surface area is 257 Å². The number of nitrogens with one attached hydrogen (secondary N) is 1. The molecule has 0 spiro atoms. The predicted octanol–water partition coefficient (Wildman–Crippen LogP) is 7.38. The minimum atomic E-state index is -5.15. The first-order valence-electron chi connectivity index (χ1n) is 12.9. The monoisotopic (exact) mass is 693 g/mol. The molecule has 1 aliphatic heterocycles. The van der Waals surface area contributed by atoms with E-state index in [0.717, 1.165) is 18.1 Å². The average molecular weight is 694 g/mol. The fourth-order valence-corrected chi connectivity index (χ4v) is 4.85. The summed E-state index contributed by atoms with van der Waals surface area (Å²) in [7, 11) is 1.04. The number of amides is 1. The van der Waals surface area contributed by atoms with E-state index in [-0.39, 0.29) is 22.3 Å². The van der Waals surface area contributed by atoms with Gasteiger partial charge in [0.15, 0.2) is 0 Å². The maximum absolute atomic E-state index is 13.5. The number of piperazine rings is 1. The Balaban J connectivity index is 1.75. The third kappa shape index (κ3) is 7.94. The topological polar surface area (TPSA) is 61.4 Å². The lowest BCUT2D eigenvalue weighted by Gasteiger charge is -2.40. The average Bonchev–Trinajstić information content (AvgIpc) is 2.94. The van der Waals surface area contributed by atoms with E-state index in [2.05, 4.69) is 9.97 Å². The van der Waals surface area contributed by atoms with Crippen molar-refractivity contribution in [1.29, 1.82) is 0 Å². The van der Waals surface area contributed by atoms with Crippen LogP contribution in [0.25, 0.3) is 11.3 Å². The summed E-state index contributed by atoms with van der Waals surface area (Å²) >= 11 is 6.25. The summed E-state index contributed by atoms with van der Waals surface area (Å²) in [5.74, 6) is -1.69. The maximum Gasteiger partial charge on any atom is 0.416 e. The molecule has 1 aliphatic rings. The van der Waals surface area contributed by atoms with Crippen LogP contribution in [-0.2, 0) is 18.9 Å². The van der Waals surface area contributed by atoms with Crippen molar-refractivity contribution in [2.75, 3.05) is 25.0 Å². The second kappa shape index (κ2) is 12.4. The lowest BCUT2D eigenvalue weighted by Crippen LogP contribution is -2.65. The lowest BCUT2D eigenvalue weighted by molar-refractivity contribution is -0.190. The van der Waals surface area contributed by atoms with Crippen molar-refractivity contribution in [3.63, 3.8) is 0 Å². The van der Waals surface area contributed by atoms with E-state index >= 15 is 0 Å². The summed E-state index contributed by atoms with van der Waals surface area (Å²) in [4.78, 5) is 22.8. The molecular weight excluding hydrogens is 674 g/mol. The molecule has 250 valence electrons. The number of alkyl halides is 12. The van der Waals surface area contributed by atoms with Gasteiger partial charge in [-0.2, -0.15) is 52.7 Å². The molecule has 0 saturated carbocycles. The molecule has 2 heterocycles. The van der Waals surface area contributed by atoms with Gasteiger partial charge in [-0.05, 0) is 29.8 Å². The molecule has 1 fully saturated rings. The molecule has 1 aromatic heterocycles. The van der Waals surface area contributed by atoms with Crippen LogP contribution in [0.15, 0.2) is 48.7 Å². The number of rotatable bonds is 5. The van der Waals surface area contributed by atoms with Gasteiger partial charge in [0.25, 0.3) is 5.91 Å². The normalized spacial score (nSPS) is 18.1. The number of carbonyl (C=O) groups is 1. The third-order valence-corrected chi connectivity index (χ3v) is 7.16. The number of carbonyl (C=O) groups excluding carboxylic acids is 1. The zero-order valence-corrected chi connectivity index (χ0v) is 23.8. The molecular formula is C27H20ClF12N5O. The van der Waals surface area contributed by atoms with E-state index in [1.165, 1.54) is 29.6 Å². The fraction of sp³-hybridized carbons (Fsp3) is 0.370. The van der Waals surface area contributed by atoms with Gasteiger partial charge in [0.2, 0.25) is 5.95 Å². The Hall–Kier alpha value is -3.80. The standard InChI is InChI=1S/C27H20ClF12N5O/c1-44(10-13-6-14(24(29,30)31)8-15(7-13)25(32,33)34)22(46)17-9-41-23(43-21(17)16-4-2-3-5-18(16)28)45-11-19(26(35,36)37)42-20(12-45)27(38,39)40/h2-9,19-20,42H,10-12H2,1H3/t19-,20+. The molecule has 0 aliphatic carbocycles. The van der Waals surface area contributed by atoms with Crippen LogP contribution >= 0.6 is 11.6 Å². The molecule has 1 amide bonds. The smallest absolute Gasteiger partial charge is 0.337 e. The third-order valence-electron chi connectivity index (χ3n) is 6.83.